The van der Waals surface area contributed by atoms with Crippen molar-refractivity contribution in [3.8, 4) is 0 Å². The van der Waals surface area contributed by atoms with Crippen molar-refractivity contribution in [1.29, 1.82) is 0 Å². The Bertz CT molecular complexity index is 1210. The van der Waals surface area contributed by atoms with Crippen LogP contribution in [0.2, 0.25) is 0 Å². The number of carbonyl (C=O) groups is 2. The van der Waals surface area contributed by atoms with Crippen molar-refractivity contribution in [2.75, 3.05) is 0 Å². The summed E-state index contributed by atoms with van der Waals surface area (Å²) < 4.78 is 1.76. The molecule has 0 radical (unpaired) electrons. The molecule has 0 amide bonds. The quantitative estimate of drug-likeness (QED) is 0.438. The fourth-order valence-electron chi connectivity index (χ4n) is 3.34. The smallest absolute Gasteiger partial charge is 0.196 e. The molecule has 0 fully saturated rings. The van der Waals surface area contributed by atoms with E-state index in [1.807, 2.05) is 6.92 Å². The molecule has 0 N–H and O–H groups in total. The summed E-state index contributed by atoms with van der Waals surface area (Å²) >= 11 is 0. The first kappa shape index (κ1) is 13.1. The zero-order valence-corrected chi connectivity index (χ0v) is 12.6. The largest absolute Gasteiger partial charge is 0.289 e. The molecule has 2 heterocycles. The van der Waals surface area contributed by atoms with Crippen LogP contribution in [-0.2, 0) is 0 Å². The van der Waals surface area contributed by atoms with Crippen molar-refractivity contribution in [2.24, 2.45) is 0 Å². The van der Waals surface area contributed by atoms with Gasteiger partial charge in [-0.3, -0.25) is 14.0 Å². The number of benzene rings is 2. The molecule has 0 unspecified atom stereocenters. The van der Waals surface area contributed by atoms with Crippen LogP contribution in [0.4, 0.5) is 0 Å². The maximum Gasteiger partial charge on any atom is 0.196 e. The molecule has 6 heteroatoms. The molecule has 24 heavy (non-hydrogen) atoms. The van der Waals surface area contributed by atoms with E-state index in [1.165, 1.54) is 0 Å². The number of ketones is 2. The number of carbonyl (C=O) groups excluding carboxylic acids is 2. The number of aromatic nitrogens is 4. The third-order valence-electron chi connectivity index (χ3n) is 4.48. The zero-order valence-electron chi connectivity index (χ0n) is 12.6. The molecule has 0 aliphatic heterocycles. The highest BCUT2D eigenvalue weighted by atomic mass is 16.1. The molecule has 1 aliphatic rings. The van der Waals surface area contributed by atoms with Gasteiger partial charge in [0.25, 0.3) is 0 Å². The van der Waals surface area contributed by atoms with E-state index in [0.717, 1.165) is 0 Å². The summed E-state index contributed by atoms with van der Waals surface area (Å²) in [7, 11) is 0. The average Bonchev–Trinajstić information content (AvgIpc) is 3.10. The molecule has 0 bridgehead atoms. The van der Waals surface area contributed by atoms with Crippen molar-refractivity contribution < 1.29 is 9.59 Å². The maximum atomic E-state index is 13.0. The first-order valence-corrected chi connectivity index (χ1v) is 7.48. The second-order valence-electron chi connectivity index (χ2n) is 5.77. The molecule has 5 rings (SSSR count). The fraction of sp³-hybridized carbons (Fsp3) is 0.0556. The molecule has 2 aromatic carbocycles. The van der Waals surface area contributed by atoms with E-state index in [2.05, 4.69) is 15.2 Å². The highest BCUT2D eigenvalue weighted by Crippen LogP contribution is 2.32. The van der Waals surface area contributed by atoms with Crippen LogP contribution < -0.4 is 0 Å². The van der Waals surface area contributed by atoms with Gasteiger partial charge in [-0.15, -0.1) is 10.2 Å². The van der Waals surface area contributed by atoms with Crippen LogP contribution in [0.25, 0.3) is 16.6 Å². The van der Waals surface area contributed by atoms with Crippen LogP contribution in [0.1, 0.15) is 37.7 Å². The molecule has 114 valence electrons. The molecular weight excluding hydrogens is 304 g/mol. The summed E-state index contributed by atoms with van der Waals surface area (Å²) in [6.07, 6.45) is 1.58. The average molecular weight is 314 g/mol. The molecule has 2 aromatic heterocycles. The number of hydrogen-bond acceptors (Lipinski definition) is 5. The van der Waals surface area contributed by atoms with Crippen LogP contribution in [0.3, 0.4) is 0 Å². The Kier molecular flexibility index (Phi) is 2.35. The lowest BCUT2D eigenvalue weighted by Gasteiger charge is -2.18. The van der Waals surface area contributed by atoms with Gasteiger partial charge < -0.3 is 0 Å². The summed E-state index contributed by atoms with van der Waals surface area (Å²) in [4.78, 5) is 30.4. The highest BCUT2D eigenvalue weighted by molar-refractivity contribution is 6.32. The molecule has 4 aromatic rings. The first-order chi connectivity index (χ1) is 11.7. The van der Waals surface area contributed by atoms with E-state index in [4.69, 9.17) is 0 Å². The van der Waals surface area contributed by atoms with Crippen molar-refractivity contribution in [2.45, 2.75) is 6.92 Å². The van der Waals surface area contributed by atoms with Crippen LogP contribution in [0.15, 0.2) is 42.7 Å². The van der Waals surface area contributed by atoms with Crippen LogP contribution in [0.5, 0.6) is 0 Å². The number of fused-ring (bicyclic) bond motifs is 6. The Morgan fingerprint density at radius 1 is 0.917 bits per heavy atom. The van der Waals surface area contributed by atoms with Crippen LogP contribution in [-0.4, -0.2) is 31.1 Å². The Labute approximate surface area is 135 Å². The number of aryl methyl sites for hydroxylation is 1. The monoisotopic (exact) mass is 314 g/mol. The molecular formula is C18H10N4O2. The Balaban J connectivity index is 1.96. The second-order valence-corrected chi connectivity index (χ2v) is 5.77. The lowest BCUT2D eigenvalue weighted by Crippen LogP contribution is -2.21. The van der Waals surface area contributed by atoms with E-state index < -0.39 is 0 Å². The SMILES string of the molecule is Cc1nc2c3c(ccc2c2nncn12)C(=O)c1ccccc1C3=O. The van der Waals surface area contributed by atoms with Crippen molar-refractivity contribution in [3.05, 3.63) is 70.8 Å². The summed E-state index contributed by atoms with van der Waals surface area (Å²) in [5.41, 5.74) is 2.72. The predicted octanol–water partition coefficient (Wildman–Crippen LogP) is 2.36. The Morgan fingerprint density at radius 3 is 2.46 bits per heavy atom. The minimum Gasteiger partial charge on any atom is -0.289 e. The van der Waals surface area contributed by atoms with Gasteiger partial charge in [-0.1, -0.05) is 24.3 Å². The highest BCUT2D eigenvalue weighted by Gasteiger charge is 2.32. The van der Waals surface area contributed by atoms with E-state index in [-0.39, 0.29) is 11.6 Å². The lowest BCUT2D eigenvalue weighted by molar-refractivity contribution is 0.0980. The van der Waals surface area contributed by atoms with Gasteiger partial charge in [0.15, 0.2) is 17.2 Å². The summed E-state index contributed by atoms with van der Waals surface area (Å²) in [6, 6.07) is 10.3. The summed E-state index contributed by atoms with van der Waals surface area (Å²) in [5.74, 6) is 0.333. The lowest BCUT2D eigenvalue weighted by atomic mass is 9.83. The van der Waals surface area contributed by atoms with Gasteiger partial charge in [0.1, 0.15) is 12.2 Å². The first-order valence-electron chi connectivity index (χ1n) is 7.48. The third kappa shape index (κ3) is 1.47. The Morgan fingerprint density at radius 2 is 1.67 bits per heavy atom. The van der Waals surface area contributed by atoms with Gasteiger partial charge >= 0.3 is 0 Å². The topological polar surface area (TPSA) is 77.2 Å². The number of rotatable bonds is 0. The van der Waals surface area contributed by atoms with E-state index in [1.54, 1.807) is 47.1 Å². The van der Waals surface area contributed by atoms with Gasteiger partial charge in [-0.05, 0) is 19.1 Å². The van der Waals surface area contributed by atoms with Crippen LogP contribution in [0, 0.1) is 6.92 Å². The maximum absolute atomic E-state index is 13.0. The standard InChI is InChI=1S/C18H10N4O2/c1-9-20-15-13(18-21-19-8-22(9)18)7-6-12-14(15)17(24)11-5-3-2-4-10(11)16(12)23/h2-8H,1H3. The van der Waals surface area contributed by atoms with Crippen molar-refractivity contribution in [1.82, 2.24) is 19.6 Å². The van der Waals surface area contributed by atoms with E-state index in [9.17, 15) is 9.59 Å². The number of nitrogens with zero attached hydrogens (tertiary/aromatic N) is 4. The molecule has 0 atom stereocenters. The van der Waals surface area contributed by atoms with Crippen molar-refractivity contribution >= 4 is 28.1 Å². The van der Waals surface area contributed by atoms with E-state index in [0.29, 0.717) is 44.6 Å². The van der Waals surface area contributed by atoms with Crippen molar-refractivity contribution in [3.63, 3.8) is 0 Å². The minimum absolute atomic E-state index is 0.150. The molecule has 0 saturated heterocycles. The van der Waals surface area contributed by atoms with Gasteiger partial charge in [-0.25, -0.2) is 4.98 Å². The summed E-state index contributed by atoms with van der Waals surface area (Å²) in [5, 5.41) is 8.74. The van der Waals surface area contributed by atoms with Gasteiger partial charge in [0.2, 0.25) is 0 Å². The molecule has 0 spiro atoms. The van der Waals surface area contributed by atoms with Gasteiger partial charge in [-0.2, -0.15) is 0 Å². The molecule has 0 saturated carbocycles. The normalized spacial score (nSPS) is 13.4. The second kappa shape index (κ2) is 4.32. The third-order valence-corrected chi connectivity index (χ3v) is 4.48. The summed E-state index contributed by atoms with van der Waals surface area (Å²) in [6.45, 7) is 1.82. The molecule has 1 aliphatic carbocycles. The van der Waals surface area contributed by atoms with Gasteiger partial charge in [0, 0.05) is 22.1 Å². The molecule has 6 nitrogen and oxygen atoms in total. The predicted molar refractivity (Wildman–Crippen MR) is 86.3 cm³/mol. The Hall–Kier alpha value is -3.41. The van der Waals surface area contributed by atoms with E-state index >= 15 is 0 Å². The number of hydrogen-bond donors (Lipinski definition) is 0. The zero-order chi connectivity index (χ0) is 16.4. The van der Waals surface area contributed by atoms with Gasteiger partial charge in [0.05, 0.1) is 11.1 Å². The van der Waals surface area contributed by atoms with Crippen LogP contribution >= 0.6 is 0 Å². The minimum atomic E-state index is -0.179. The fourth-order valence-corrected chi connectivity index (χ4v) is 3.34.